The van der Waals surface area contributed by atoms with Gasteiger partial charge in [0.25, 0.3) is 0 Å². The topological polar surface area (TPSA) is 70.2 Å². The van der Waals surface area contributed by atoms with Crippen LogP contribution in [0.2, 0.25) is 0 Å². The summed E-state index contributed by atoms with van der Waals surface area (Å²) in [5, 5.41) is 7.58. The van der Waals surface area contributed by atoms with Gasteiger partial charge in [0.05, 0.1) is 12.2 Å². The summed E-state index contributed by atoms with van der Waals surface area (Å²) in [4.78, 5) is 22.5. The second kappa shape index (κ2) is 8.34. The molecule has 0 aromatic heterocycles. The molecular weight excluding hydrogens is 309 g/mol. The van der Waals surface area contributed by atoms with Crippen LogP contribution in [-0.2, 0) is 4.79 Å². The van der Waals surface area contributed by atoms with Gasteiger partial charge < -0.3 is 16.0 Å². The molecule has 0 aliphatic rings. The Labute approximate surface area is 139 Å². The van der Waals surface area contributed by atoms with E-state index in [0.29, 0.717) is 5.69 Å². The van der Waals surface area contributed by atoms with Gasteiger partial charge in [-0.25, -0.2) is 9.18 Å². The van der Waals surface area contributed by atoms with Crippen molar-refractivity contribution >= 4 is 23.3 Å². The Balaban J connectivity index is 1.82. The first-order valence-corrected chi connectivity index (χ1v) is 7.20. The molecule has 2 rings (SSSR count). The fraction of sp³-hybridized carbons (Fsp3) is 0.111. The highest BCUT2D eigenvalue weighted by Crippen LogP contribution is 2.11. The second-order valence-electron chi connectivity index (χ2n) is 4.85. The number of amides is 3. The van der Waals surface area contributed by atoms with Crippen LogP contribution in [0.3, 0.4) is 0 Å². The number of hydrogen-bond donors (Lipinski definition) is 3. The maximum absolute atomic E-state index is 13.4. The lowest BCUT2D eigenvalue weighted by atomic mass is 10.2. The second-order valence-corrected chi connectivity index (χ2v) is 4.85. The number of carbonyl (C=O) groups is 2. The van der Waals surface area contributed by atoms with Gasteiger partial charge in [0.2, 0.25) is 5.91 Å². The number of hydrogen-bond acceptors (Lipinski definition) is 2. The molecule has 0 heterocycles. The normalized spacial score (nSPS) is 9.42. The highest BCUT2D eigenvalue weighted by Gasteiger charge is 2.04. The molecule has 6 heteroatoms. The minimum absolute atomic E-state index is 0.108. The molecule has 24 heavy (non-hydrogen) atoms. The zero-order valence-corrected chi connectivity index (χ0v) is 13.0. The van der Waals surface area contributed by atoms with Crippen molar-refractivity contribution in [1.29, 1.82) is 0 Å². The maximum Gasteiger partial charge on any atom is 0.320 e. The van der Waals surface area contributed by atoms with E-state index in [9.17, 15) is 14.0 Å². The quantitative estimate of drug-likeness (QED) is 0.759. The molecule has 0 saturated carbocycles. The first-order valence-electron chi connectivity index (χ1n) is 7.20. The van der Waals surface area contributed by atoms with Crippen LogP contribution < -0.4 is 16.0 Å². The summed E-state index contributed by atoms with van der Waals surface area (Å²) in [5.41, 5.74) is 1.55. The van der Waals surface area contributed by atoms with Gasteiger partial charge in [-0.2, -0.15) is 0 Å². The van der Waals surface area contributed by atoms with Crippen LogP contribution >= 0.6 is 0 Å². The van der Waals surface area contributed by atoms with E-state index in [1.54, 1.807) is 36.4 Å². The Kier molecular flexibility index (Phi) is 5.92. The predicted molar refractivity (Wildman–Crippen MR) is 91.0 cm³/mol. The Morgan fingerprint density at radius 3 is 2.42 bits per heavy atom. The van der Waals surface area contributed by atoms with E-state index in [-0.39, 0.29) is 18.1 Å². The molecule has 0 saturated heterocycles. The maximum atomic E-state index is 13.4. The molecule has 0 atom stereocenters. The number of anilines is 2. The molecule has 3 N–H and O–H groups in total. The van der Waals surface area contributed by atoms with Gasteiger partial charge in [-0.05, 0) is 36.4 Å². The van der Waals surface area contributed by atoms with Gasteiger partial charge in [-0.1, -0.05) is 24.0 Å². The third-order valence-corrected chi connectivity index (χ3v) is 2.90. The van der Waals surface area contributed by atoms with E-state index < -0.39 is 11.8 Å². The molecule has 2 aromatic carbocycles. The number of carbonyl (C=O) groups excluding carboxylic acids is 2. The molecule has 0 spiro atoms. The number of para-hydroxylation sites is 1. The Morgan fingerprint density at radius 1 is 1.04 bits per heavy atom. The summed E-state index contributed by atoms with van der Waals surface area (Å²) in [7, 11) is 0. The van der Waals surface area contributed by atoms with Gasteiger partial charge in [0.1, 0.15) is 5.82 Å². The first kappa shape index (κ1) is 17.0. The number of benzene rings is 2. The van der Waals surface area contributed by atoms with Crippen LogP contribution in [0.5, 0.6) is 0 Å². The summed E-state index contributed by atoms with van der Waals surface area (Å²) in [5.74, 6) is 5.02. The van der Waals surface area contributed by atoms with Crippen molar-refractivity contribution < 1.29 is 14.0 Å². The third-order valence-electron chi connectivity index (χ3n) is 2.90. The predicted octanol–water partition coefficient (Wildman–Crippen LogP) is 2.96. The van der Waals surface area contributed by atoms with Gasteiger partial charge in [-0.3, -0.25) is 4.79 Å². The van der Waals surface area contributed by atoms with Crippen LogP contribution in [0.25, 0.3) is 0 Å². The van der Waals surface area contributed by atoms with Crippen molar-refractivity contribution in [3.63, 3.8) is 0 Å². The van der Waals surface area contributed by atoms with Crippen molar-refractivity contribution in [2.45, 2.75) is 6.92 Å². The van der Waals surface area contributed by atoms with Crippen LogP contribution in [0.1, 0.15) is 12.5 Å². The van der Waals surface area contributed by atoms with E-state index in [0.717, 1.165) is 5.56 Å². The summed E-state index contributed by atoms with van der Waals surface area (Å²) in [6.07, 6.45) is 0. The fourth-order valence-corrected chi connectivity index (χ4v) is 1.84. The van der Waals surface area contributed by atoms with Crippen LogP contribution in [-0.4, -0.2) is 18.5 Å². The van der Waals surface area contributed by atoms with E-state index in [1.165, 1.54) is 19.1 Å². The van der Waals surface area contributed by atoms with Gasteiger partial charge >= 0.3 is 6.03 Å². The van der Waals surface area contributed by atoms with Crippen LogP contribution in [0, 0.1) is 17.7 Å². The smallest absolute Gasteiger partial charge is 0.320 e. The van der Waals surface area contributed by atoms with Gasteiger partial charge in [0.15, 0.2) is 0 Å². The molecule has 122 valence electrons. The van der Waals surface area contributed by atoms with Gasteiger partial charge in [-0.15, -0.1) is 0 Å². The lowest BCUT2D eigenvalue weighted by Gasteiger charge is -2.05. The van der Waals surface area contributed by atoms with E-state index in [2.05, 4.69) is 27.8 Å². The lowest BCUT2D eigenvalue weighted by molar-refractivity contribution is -0.114. The van der Waals surface area contributed by atoms with Crippen molar-refractivity contribution in [2.24, 2.45) is 0 Å². The average molecular weight is 325 g/mol. The Morgan fingerprint density at radius 2 is 1.75 bits per heavy atom. The minimum Gasteiger partial charge on any atom is -0.327 e. The SMILES string of the molecule is CC(=O)Nc1ccc(C#CCNC(=O)Nc2ccccc2F)cc1. The Bertz CT molecular complexity index is 792. The molecule has 5 nitrogen and oxygen atoms in total. The highest BCUT2D eigenvalue weighted by atomic mass is 19.1. The van der Waals surface area contributed by atoms with E-state index in [1.807, 2.05) is 0 Å². The summed E-state index contributed by atoms with van der Waals surface area (Å²) in [6.45, 7) is 1.56. The van der Waals surface area contributed by atoms with E-state index in [4.69, 9.17) is 0 Å². The highest BCUT2D eigenvalue weighted by molar-refractivity contribution is 5.89. The zero-order chi connectivity index (χ0) is 17.4. The standard InChI is InChI=1S/C18H16FN3O2/c1-13(23)21-15-10-8-14(9-11-15)5-4-12-20-18(24)22-17-7-3-2-6-16(17)19/h2-3,6-11H,12H2,1H3,(H,21,23)(H2,20,22,24). The third kappa shape index (κ3) is 5.46. The largest absolute Gasteiger partial charge is 0.327 e. The van der Waals surface area contributed by atoms with Crippen LogP contribution in [0.4, 0.5) is 20.6 Å². The van der Waals surface area contributed by atoms with Crippen molar-refractivity contribution in [2.75, 3.05) is 17.2 Å². The monoisotopic (exact) mass is 325 g/mol. The zero-order valence-electron chi connectivity index (χ0n) is 13.0. The van der Waals surface area contributed by atoms with Crippen molar-refractivity contribution in [3.8, 4) is 11.8 Å². The molecular formula is C18H16FN3O2. The van der Waals surface area contributed by atoms with Crippen molar-refractivity contribution in [1.82, 2.24) is 5.32 Å². The summed E-state index contributed by atoms with van der Waals surface area (Å²) < 4.78 is 13.4. The fourth-order valence-electron chi connectivity index (χ4n) is 1.84. The molecule has 3 amide bonds. The first-order chi connectivity index (χ1) is 11.5. The number of rotatable bonds is 3. The average Bonchev–Trinajstić information content (AvgIpc) is 2.55. The van der Waals surface area contributed by atoms with E-state index >= 15 is 0 Å². The number of nitrogens with one attached hydrogen (secondary N) is 3. The molecule has 0 unspecified atom stereocenters. The summed E-state index contributed by atoms with van der Waals surface area (Å²) in [6, 6.07) is 12.4. The van der Waals surface area contributed by atoms with Crippen LogP contribution in [0.15, 0.2) is 48.5 Å². The number of halogens is 1. The molecule has 0 bridgehead atoms. The number of urea groups is 1. The molecule has 0 aliphatic heterocycles. The van der Waals surface area contributed by atoms with Crippen molar-refractivity contribution in [3.05, 3.63) is 59.9 Å². The Hall–Kier alpha value is -3.33. The lowest BCUT2D eigenvalue weighted by Crippen LogP contribution is -2.29. The minimum atomic E-state index is -0.532. The summed E-state index contributed by atoms with van der Waals surface area (Å²) >= 11 is 0. The molecule has 2 aromatic rings. The molecule has 0 aliphatic carbocycles. The molecule has 0 fully saturated rings. The molecule has 0 radical (unpaired) electrons. The van der Waals surface area contributed by atoms with Gasteiger partial charge in [0, 0.05) is 18.2 Å².